The maximum Gasteiger partial charge on any atom is 0.182 e. The molecule has 0 saturated heterocycles. The SMILES string of the molecule is Cl[P+](Cc1ccccc1)(c1ccccc1)c1ccccc1. The van der Waals surface area contributed by atoms with E-state index in [9.17, 15) is 0 Å². The van der Waals surface area contributed by atoms with Crippen molar-refractivity contribution in [3.8, 4) is 0 Å². The van der Waals surface area contributed by atoms with E-state index in [2.05, 4.69) is 72.8 Å². The summed E-state index contributed by atoms with van der Waals surface area (Å²) in [6, 6.07) is 31.5. The van der Waals surface area contributed by atoms with Gasteiger partial charge in [-0.15, -0.1) is 0 Å². The molecule has 3 aromatic rings. The summed E-state index contributed by atoms with van der Waals surface area (Å²) in [4.78, 5) is 0. The van der Waals surface area contributed by atoms with Crippen LogP contribution in [0.25, 0.3) is 0 Å². The average Bonchev–Trinajstić information content (AvgIpc) is 2.57. The molecule has 0 nitrogen and oxygen atoms in total. The van der Waals surface area contributed by atoms with Crippen molar-refractivity contribution in [1.29, 1.82) is 0 Å². The first kappa shape index (κ1) is 14.3. The van der Waals surface area contributed by atoms with E-state index in [1.807, 2.05) is 18.2 Å². The summed E-state index contributed by atoms with van der Waals surface area (Å²) in [7, 11) is 0. The normalized spacial score (nSPS) is 11.3. The molecule has 0 bridgehead atoms. The Hall–Kier alpha value is -1.62. The lowest BCUT2D eigenvalue weighted by Crippen LogP contribution is -2.19. The number of rotatable bonds is 4. The van der Waals surface area contributed by atoms with Gasteiger partial charge in [-0.2, -0.15) is 0 Å². The molecule has 21 heavy (non-hydrogen) atoms. The third-order valence-electron chi connectivity index (χ3n) is 3.57. The Morgan fingerprint density at radius 2 is 0.952 bits per heavy atom. The van der Waals surface area contributed by atoms with Gasteiger partial charge in [0.25, 0.3) is 0 Å². The van der Waals surface area contributed by atoms with Crippen LogP contribution in [0.3, 0.4) is 0 Å². The van der Waals surface area contributed by atoms with Gasteiger partial charge in [-0.3, -0.25) is 0 Å². The molecule has 3 aromatic carbocycles. The van der Waals surface area contributed by atoms with E-state index in [1.54, 1.807) is 0 Å². The minimum absolute atomic E-state index is 0.878. The molecule has 0 unspecified atom stereocenters. The zero-order valence-electron chi connectivity index (χ0n) is 11.7. The molecule has 0 N–H and O–H groups in total. The largest absolute Gasteiger partial charge is 0.182 e. The lowest BCUT2D eigenvalue weighted by atomic mass is 10.2. The monoisotopic (exact) mass is 311 g/mol. The Morgan fingerprint density at radius 1 is 0.571 bits per heavy atom. The van der Waals surface area contributed by atoms with E-state index in [0.717, 1.165) is 6.16 Å². The van der Waals surface area contributed by atoms with Crippen molar-refractivity contribution in [2.45, 2.75) is 6.16 Å². The summed E-state index contributed by atoms with van der Waals surface area (Å²) in [6.07, 6.45) is 0.878. The number of halogens is 1. The van der Waals surface area contributed by atoms with Gasteiger partial charge in [-0.05, 0) is 29.8 Å². The maximum absolute atomic E-state index is 7.24. The molecular weight excluding hydrogens is 295 g/mol. The van der Waals surface area contributed by atoms with Crippen LogP contribution in [0.1, 0.15) is 5.56 Å². The van der Waals surface area contributed by atoms with E-state index in [4.69, 9.17) is 11.2 Å². The molecule has 0 radical (unpaired) electrons. The first-order valence-corrected chi connectivity index (χ1v) is 9.90. The van der Waals surface area contributed by atoms with Gasteiger partial charge in [0.1, 0.15) is 16.8 Å². The first-order valence-electron chi connectivity index (χ1n) is 7.02. The summed E-state index contributed by atoms with van der Waals surface area (Å²) < 4.78 is 0. The van der Waals surface area contributed by atoms with Crippen LogP contribution in [0.15, 0.2) is 91.0 Å². The molecular formula is C19H17ClP+. The lowest BCUT2D eigenvalue weighted by molar-refractivity contribution is 1.40. The van der Waals surface area contributed by atoms with Gasteiger partial charge in [0.15, 0.2) is 6.62 Å². The fourth-order valence-corrected chi connectivity index (χ4v) is 6.25. The minimum atomic E-state index is -1.92. The summed E-state index contributed by atoms with van der Waals surface area (Å²) >= 11 is 7.24. The number of benzene rings is 3. The molecule has 3 rings (SSSR count). The Bertz CT molecular complexity index is 641. The van der Waals surface area contributed by atoms with Crippen molar-refractivity contribution < 1.29 is 0 Å². The molecule has 0 aliphatic rings. The van der Waals surface area contributed by atoms with Crippen LogP contribution in [-0.4, -0.2) is 0 Å². The van der Waals surface area contributed by atoms with Crippen LogP contribution < -0.4 is 10.6 Å². The molecule has 2 heteroatoms. The Kier molecular flexibility index (Phi) is 4.39. The smallest absolute Gasteiger partial charge is 0.0622 e. The van der Waals surface area contributed by atoms with Gasteiger partial charge in [-0.25, -0.2) is 0 Å². The van der Waals surface area contributed by atoms with Gasteiger partial charge >= 0.3 is 0 Å². The zero-order chi connectivity index (χ0) is 14.5. The molecule has 0 spiro atoms. The van der Waals surface area contributed by atoms with E-state index in [0.29, 0.717) is 0 Å². The first-order chi connectivity index (χ1) is 10.3. The molecule has 0 aliphatic carbocycles. The summed E-state index contributed by atoms with van der Waals surface area (Å²) in [5.41, 5.74) is 1.29. The number of hydrogen-bond acceptors (Lipinski definition) is 0. The van der Waals surface area contributed by atoms with Gasteiger partial charge in [0, 0.05) is 0 Å². The van der Waals surface area contributed by atoms with Crippen molar-refractivity contribution >= 4 is 28.5 Å². The second-order valence-electron chi connectivity index (χ2n) is 5.03. The number of hydrogen-bond donors (Lipinski definition) is 0. The molecule has 0 amide bonds. The summed E-state index contributed by atoms with van der Waals surface area (Å²) in [5.74, 6) is 0. The molecule has 0 aromatic heterocycles. The molecule has 0 saturated carbocycles. The zero-order valence-corrected chi connectivity index (χ0v) is 13.3. The van der Waals surface area contributed by atoms with Gasteiger partial charge in [0.05, 0.1) is 11.2 Å². The van der Waals surface area contributed by atoms with Crippen LogP contribution in [0.2, 0.25) is 0 Å². The predicted molar refractivity (Wildman–Crippen MR) is 95.1 cm³/mol. The van der Waals surface area contributed by atoms with Gasteiger partial charge in [-0.1, -0.05) is 66.7 Å². The van der Waals surface area contributed by atoms with Gasteiger partial charge < -0.3 is 0 Å². The fourth-order valence-electron chi connectivity index (χ4n) is 2.50. The fraction of sp³-hybridized carbons (Fsp3) is 0.0526. The second-order valence-corrected chi connectivity index (χ2v) is 9.54. The highest BCUT2D eigenvalue weighted by Crippen LogP contribution is 2.63. The molecule has 104 valence electrons. The van der Waals surface area contributed by atoms with Crippen molar-refractivity contribution in [2.75, 3.05) is 0 Å². The Balaban J connectivity index is 2.07. The quantitative estimate of drug-likeness (QED) is 0.594. The second kappa shape index (κ2) is 6.43. The average molecular weight is 312 g/mol. The molecule has 0 fully saturated rings. The van der Waals surface area contributed by atoms with E-state index < -0.39 is 6.62 Å². The van der Waals surface area contributed by atoms with Crippen molar-refractivity contribution in [1.82, 2.24) is 0 Å². The Labute approximate surface area is 131 Å². The van der Waals surface area contributed by atoms with Crippen molar-refractivity contribution in [3.05, 3.63) is 96.6 Å². The molecule has 0 atom stereocenters. The highest BCUT2D eigenvalue weighted by Gasteiger charge is 2.41. The predicted octanol–water partition coefficient (Wildman–Crippen LogP) is 5.01. The maximum atomic E-state index is 7.24. The highest BCUT2D eigenvalue weighted by atomic mass is 35.7. The topological polar surface area (TPSA) is 0 Å². The van der Waals surface area contributed by atoms with Crippen LogP contribution in [0.5, 0.6) is 0 Å². The van der Waals surface area contributed by atoms with Gasteiger partial charge in [0.2, 0.25) is 0 Å². The Morgan fingerprint density at radius 3 is 1.38 bits per heavy atom. The third kappa shape index (κ3) is 3.18. The summed E-state index contributed by atoms with van der Waals surface area (Å²) in [5, 5.41) is 2.48. The van der Waals surface area contributed by atoms with Crippen LogP contribution in [-0.2, 0) is 6.16 Å². The standard InChI is InChI=1S/C19H17ClP/c20-21(18-12-6-2-7-13-18,19-14-8-3-9-15-19)16-17-10-4-1-5-11-17/h1-15H,16H2/q+1. The van der Waals surface area contributed by atoms with Crippen LogP contribution >= 0.6 is 17.9 Å². The van der Waals surface area contributed by atoms with Crippen molar-refractivity contribution in [2.24, 2.45) is 0 Å². The van der Waals surface area contributed by atoms with Crippen LogP contribution in [0, 0.1) is 0 Å². The molecule has 0 aliphatic heterocycles. The van der Waals surface area contributed by atoms with E-state index >= 15 is 0 Å². The lowest BCUT2D eigenvalue weighted by Gasteiger charge is -2.19. The van der Waals surface area contributed by atoms with Crippen LogP contribution in [0.4, 0.5) is 0 Å². The van der Waals surface area contributed by atoms with E-state index in [1.165, 1.54) is 16.2 Å². The summed E-state index contributed by atoms with van der Waals surface area (Å²) in [6.45, 7) is -1.92. The molecule has 0 heterocycles. The van der Waals surface area contributed by atoms with E-state index in [-0.39, 0.29) is 0 Å². The minimum Gasteiger partial charge on any atom is -0.0622 e. The highest BCUT2D eigenvalue weighted by molar-refractivity contribution is 8.09. The third-order valence-corrected chi connectivity index (χ3v) is 8.14. The van der Waals surface area contributed by atoms with Crippen molar-refractivity contribution in [3.63, 3.8) is 0 Å².